The first kappa shape index (κ1) is 15.6. The molecule has 1 aromatic rings. The summed E-state index contributed by atoms with van der Waals surface area (Å²) in [5.41, 5.74) is 0.176. The van der Waals surface area contributed by atoms with Crippen molar-refractivity contribution in [3.63, 3.8) is 0 Å². The number of phenols is 2. The predicted molar refractivity (Wildman–Crippen MR) is 80.4 cm³/mol. The summed E-state index contributed by atoms with van der Waals surface area (Å²) < 4.78 is 10.6. The first-order valence-electron chi connectivity index (χ1n) is 7.61. The Morgan fingerprint density at radius 1 is 1.09 bits per heavy atom. The fraction of sp³-hybridized carbons (Fsp3) is 0.412. The molecule has 23 heavy (non-hydrogen) atoms. The van der Waals surface area contributed by atoms with Crippen molar-refractivity contribution >= 4 is 11.8 Å². The number of ketones is 1. The van der Waals surface area contributed by atoms with E-state index in [9.17, 15) is 19.8 Å². The van der Waals surface area contributed by atoms with Gasteiger partial charge in [-0.15, -0.1) is 0 Å². The van der Waals surface area contributed by atoms with Crippen molar-refractivity contribution in [2.24, 2.45) is 0 Å². The third kappa shape index (κ3) is 3.71. The van der Waals surface area contributed by atoms with Gasteiger partial charge >= 0.3 is 5.97 Å². The summed E-state index contributed by atoms with van der Waals surface area (Å²) in [7, 11) is 0. The number of allylic oxidation sites excluding steroid dienone is 2. The topological polar surface area (TPSA) is 96.4 Å². The van der Waals surface area contributed by atoms with Crippen LogP contribution in [-0.2, 0) is 20.7 Å². The van der Waals surface area contributed by atoms with E-state index in [0.29, 0.717) is 6.42 Å². The minimum Gasteiger partial charge on any atom is -0.508 e. The van der Waals surface area contributed by atoms with Crippen LogP contribution in [0.1, 0.15) is 35.2 Å². The third-order valence-corrected chi connectivity index (χ3v) is 4.00. The van der Waals surface area contributed by atoms with Gasteiger partial charge in [-0.3, -0.25) is 4.79 Å². The van der Waals surface area contributed by atoms with Gasteiger partial charge in [0.2, 0.25) is 0 Å². The van der Waals surface area contributed by atoms with Crippen molar-refractivity contribution in [1.29, 1.82) is 0 Å². The summed E-state index contributed by atoms with van der Waals surface area (Å²) in [6.07, 6.45) is 5.58. The van der Waals surface area contributed by atoms with Gasteiger partial charge in [-0.2, -0.15) is 0 Å². The average molecular weight is 318 g/mol. The summed E-state index contributed by atoms with van der Waals surface area (Å²) in [6, 6.07) is 2.36. The Morgan fingerprint density at radius 2 is 1.87 bits per heavy atom. The van der Waals surface area contributed by atoms with E-state index in [1.54, 1.807) is 6.08 Å². The lowest BCUT2D eigenvalue weighted by Gasteiger charge is -2.11. The number of benzene rings is 1. The Balaban J connectivity index is 1.88. The molecule has 2 aliphatic rings. The molecule has 0 amide bonds. The number of cyclic esters (lactones) is 1. The third-order valence-electron chi connectivity index (χ3n) is 4.00. The number of rotatable bonds is 0. The van der Waals surface area contributed by atoms with Gasteiger partial charge in [-0.25, -0.2) is 4.79 Å². The molecule has 6 nitrogen and oxygen atoms in total. The molecule has 1 fully saturated rings. The largest absolute Gasteiger partial charge is 0.508 e. The van der Waals surface area contributed by atoms with Crippen LogP contribution in [0.5, 0.6) is 11.5 Å². The quantitative estimate of drug-likeness (QED) is 0.560. The number of carbonyl (C=O) groups is 2. The number of epoxide rings is 1. The zero-order chi connectivity index (χ0) is 16.4. The van der Waals surface area contributed by atoms with Crippen molar-refractivity contribution in [1.82, 2.24) is 0 Å². The van der Waals surface area contributed by atoms with E-state index in [2.05, 4.69) is 0 Å². The average Bonchev–Trinajstić information content (AvgIpc) is 3.20. The first-order valence-corrected chi connectivity index (χ1v) is 7.61. The molecule has 0 bridgehead atoms. The number of fused-ring (bicyclic) bond motifs is 2. The Kier molecular flexibility index (Phi) is 4.34. The number of hydrogen-bond acceptors (Lipinski definition) is 6. The molecule has 0 aliphatic carbocycles. The van der Waals surface area contributed by atoms with Crippen LogP contribution < -0.4 is 0 Å². The Morgan fingerprint density at radius 3 is 2.70 bits per heavy atom. The van der Waals surface area contributed by atoms with Crippen molar-refractivity contribution in [3.8, 4) is 11.5 Å². The van der Waals surface area contributed by atoms with Crippen LogP contribution in [0.15, 0.2) is 24.3 Å². The molecule has 2 heterocycles. The summed E-state index contributed by atoms with van der Waals surface area (Å²) in [6.45, 7) is 0.184. The second-order valence-electron chi connectivity index (χ2n) is 5.76. The van der Waals surface area contributed by atoms with E-state index < -0.39 is 11.7 Å². The summed E-state index contributed by atoms with van der Waals surface area (Å²) in [5.74, 6) is -1.52. The molecule has 6 heteroatoms. The van der Waals surface area contributed by atoms with Gasteiger partial charge in [0.15, 0.2) is 5.78 Å². The summed E-state index contributed by atoms with van der Waals surface area (Å²) in [4.78, 5) is 24.2. The Bertz CT molecular complexity index is 663. The van der Waals surface area contributed by atoms with Gasteiger partial charge in [0, 0.05) is 18.9 Å². The maximum absolute atomic E-state index is 12.2. The highest BCUT2D eigenvalue weighted by Gasteiger charge is 2.37. The van der Waals surface area contributed by atoms with Crippen molar-refractivity contribution in [2.45, 2.75) is 37.9 Å². The number of ether oxygens (including phenoxy) is 2. The first-order chi connectivity index (χ1) is 11.0. The SMILES string of the molecule is O=C1/C=C/CC[C@@H]2O[C@H]2CCOC(=O)c2c(O)cc(O)cc2C1. The fourth-order valence-corrected chi connectivity index (χ4v) is 2.79. The summed E-state index contributed by atoms with van der Waals surface area (Å²) >= 11 is 0. The molecule has 0 unspecified atom stereocenters. The van der Waals surface area contributed by atoms with Gasteiger partial charge in [-0.1, -0.05) is 6.08 Å². The lowest BCUT2D eigenvalue weighted by molar-refractivity contribution is -0.114. The molecule has 1 saturated heterocycles. The molecular weight excluding hydrogens is 300 g/mol. The molecule has 2 aliphatic heterocycles. The number of aromatic hydroxyl groups is 2. The second kappa shape index (κ2) is 6.42. The van der Waals surface area contributed by atoms with Gasteiger partial charge in [0.25, 0.3) is 0 Å². The van der Waals surface area contributed by atoms with E-state index >= 15 is 0 Å². The zero-order valence-electron chi connectivity index (χ0n) is 12.5. The van der Waals surface area contributed by atoms with Gasteiger partial charge < -0.3 is 19.7 Å². The minimum absolute atomic E-state index is 0.0742. The molecule has 2 N–H and O–H groups in total. The highest BCUT2D eigenvalue weighted by Crippen LogP contribution is 2.31. The minimum atomic E-state index is -0.705. The molecule has 0 saturated carbocycles. The Labute approximate surface area is 133 Å². The van der Waals surface area contributed by atoms with Crippen LogP contribution in [0.3, 0.4) is 0 Å². The highest BCUT2D eigenvalue weighted by atomic mass is 16.6. The van der Waals surface area contributed by atoms with Crippen molar-refractivity contribution < 1.29 is 29.3 Å². The van der Waals surface area contributed by atoms with Crippen molar-refractivity contribution in [3.05, 3.63) is 35.4 Å². The molecule has 0 aromatic heterocycles. The van der Waals surface area contributed by atoms with Crippen LogP contribution in [0, 0.1) is 0 Å². The van der Waals surface area contributed by atoms with E-state index in [4.69, 9.17) is 9.47 Å². The second-order valence-corrected chi connectivity index (χ2v) is 5.76. The molecular formula is C17H18O6. The lowest BCUT2D eigenvalue weighted by Crippen LogP contribution is -2.13. The van der Waals surface area contributed by atoms with E-state index in [-0.39, 0.29) is 47.9 Å². The van der Waals surface area contributed by atoms with Gasteiger partial charge in [0.1, 0.15) is 17.1 Å². The molecule has 0 radical (unpaired) electrons. The standard InChI is InChI=1S/C17H18O6/c18-11-3-1-2-4-14-15(23-14)5-6-22-17(21)16-10(7-11)8-12(19)9-13(16)20/h1,3,8-9,14-15,19-20H,2,4-7H2/b3-1+/t14-,15-/m0/s1. The van der Waals surface area contributed by atoms with Crippen LogP contribution in [0.25, 0.3) is 0 Å². The van der Waals surface area contributed by atoms with Gasteiger partial charge in [0.05, 0.1) is 18.8 Å². The predicted octanol–water partition coefficient (Wildman–Crippen LogP) is 1.87. The lowest BCUT2D eigenvalue weighted by atomic mass is 10.00. The number of phenolic OH excluding ortho intramolecular Hbond substituents is 2. The monoisotopic (exact) mass is 318 g/mol. The molecule has 1 aromatic carbocycles. The van der Waals surface area contributed by atoms with Crippen molar-refractivity contribution in [2.75, 3.05) is 6.61 Å². The van der Waals surface area contributed by atoms with Crippen LogP contribution >= 0.6 is 0 Å². The maximum Gasteiger partial charge on any atom is 0.342 e. The molecule has 0 spiro atoms. The van der Waals surface area contributed by atoms with E-state index in [1.165, 1.54) is 12.1 Å². The normalized spacial score (nSPS) is 26.4. The Hall–Kier alpha value is -2.34. The summed E-state index contributed by atoms with van der Waals surface area (Å²) in [5, 5.41) is 19.5. The fourth-order valence-electron chi connectivity index (χ4n) is 2.79. The van der Waals surface area contributed by atoms with Crippen LogP contribution in [0.2, 0.25) is 0 Å². The number of esters is 1. The van der Waals surface area contributed by atoms with E-state index in [1.807, 2.05) is 0 Å². The highest BCUT2D eigenvalue weighted by molar-refractivity contribution is 5.98. The smallest absolute Gasteiger partial charge is 0.342 e. The molecule has 3 rings (SSSR count). The van der Waals surface area contributed by atoms with Crippen LogP contribution in [-0.4, -0.2) is 40.8 Å². The molecule has 2 atom stereocenters. The van der Waals surface area contributed by atoms with Crippen LogP contribution in [0.4, 0.5) is 0 Å². The van der Waals surface area contributed by atoms with Gasteiger partial charge in [-0.05, 0) is 30.5 Å². The molecule has 122 valence electrons. The van der Waals surface area contributed by atoms with E-state index in [0.717, 1.165) is 18.9 Å². The number of hydrogen-bond donors (Lipinski definition) is 2. The number of carbonyl (C=O) groups excluding carboxylic acids is 2. The maximum atomic E-state index is 12.2. The zero-order valence-corrected chi connectivity index (χ0v) is 12.5.